The summed E-state index contributed by atoms with van der Waals surface area (Å²) in [6.07, 6.45) is -12.0. The lowest BCUT2D eigenvalue weighted by Crippen LogP contribution is -2.68. The SMILES string of the molecule is CC(=O)NC1C(O)OC(CO)C(OC2OC(CO)C(O)C(NC(=O)c3ccccc3)C2O)C1O. The molecular weight excluding hydrogens is 456 g/mol. The minimum atomic E-state index is -1.68. The van der Waals surface area contributed by atoms with Gasteiger partial charge in [0.2, 0.25) is 5.91 Å². The maximum absolute atomic E-state index is 12.6. The van der Waals surface area contributed by atoms with Gasteiger partial charge in [0.25, 0.3) is 5.91 Å². The molecule has 3 rings (SSSR count). The maximum atomic E-state index is 12.6. The van der Waals surface area contributed by atoms with Gasteiger partial charge in [-0.3, -0.25) is 9.59 Å². The maximum Gasteiger partial charge on any atom is 0.251 e. The van der Waals surface area contributed by atoms with E-state index in [9.17, 15) is 40.2 Å². The van der Waals surface area contributed by atoms with E-state index >= 15 is 0 Å². The summed E-state index contributed by atoms with van der Waals surface area (Å²) in [6, 6.07) is 5.37. The molecule has 190 valence electrons. The van der Waals surface area contributed by atoms with Gasteiger partial charge in [0.1, 0.15) is 42.7 Å². The molecule has 2 saturated heterocycles. The number of aliphatic hydroxyl groups is 6. The minimum absolute atomic E-state index is 0.259. The third-order valence-electron chi connectivity index (χ3n) is 5.75. The van der Waals surface area contributed by atoms with Gasteiger partial charge in [0, 0.05) is 12.5 Å². The highest BCUT2D eigenvalue weighted by Crippen LogP contribution is 2.29. The Balaban J connectivity index is 1.80. The van der Waals surface area contributed by atoms with Crippen LogP contribution in [0, 0.1) is 0 Å². The predicted octanol–water partition coefficient (Wildman–Crippen LogP) is -3.82. The molecule has 2 aliphatic heterocycles. The molecule has 2 aliphatic rings. The Morgan fingerprint density at radius 2 is 1.53 bits per heavy atom. The lowest BCUT2D eigenvalue weighted by Gasteiger charge is -2.47. The molecule has 0 spiro atoms. The summed E-state index contributed by atoms with van der Waals surface area (Å²) in [7, 11) is 0. The Morgan fingerprint density at radius 3 is 2.12 bits per heavy atom. The highest BCUT2D eigenvalue weighted by molar-refractivity contribution is 5.94. The van der Waals surface area contributed by atoms with Crippen LogP contribution in [0.15, 0.2) is 30.3 Å². The molecular formula is C21H30N2O11. The van der Waals surface area contributed by atoms with Crippen LogP contribution in [0.2, 0.25) is 0 Å². The van der Waals surface area contributed by atoms with Crippen molar-refractivity contribution >= 4 is 11.8 Å². The number of amides is 2. The second-order valence-corrected chi connectivity index (χ2v) is 8.14. The molecule has 0 bridgehead atoms. The number of benzene rings is 1. The average Bonchev–Trinajstić information content (AvgIpc) is 2.82. The molecule has 13 heteroatoms. The van der Waals surface area contributed by atoms with Gasteiger partial charge in [-0.2, -0.15) is 0 Å². The molecule has 1 aromatic carbocycles. The third kappa shape index (κ3) is 5.71. The Bertz CT molecular complexity index is 828. The Kier molecular flexibility index (Phi) is 8.92. The summed E-state index contributed by atoms with van der Waals surface area (Å²) in [6.45, 7) is -0.227. The summed E-state index contributed by atoms with van der Waals surface area (Å²) in [4.78, 5) is 24.0. The fourth-order valence-corrected chi connectivity index (χ4v) is 3.99. The van der Waals surface area contributed by atoms with E-state index in [4.69, 9.17) is 14.2 Å². The van der Waals surface area contributed by atoms with E-state index in [-0.39, 0.29) is 5.56 Å². The molecule has 10 unspecified atom stereocenters. The van der Waals surface area contributed by atoms with E-state index in [2.05, 4.69) is 10.6 Å². The van der Waals surface area contributed by atoms with Crippen molar-refractivity contribution in [1.82, 2.24) is 10.6 Å². The van der Waals surface area contributed by atoms with Crippen LogP contribution in [-0.4, -0.2) is 117 Å². The van der Waals surface area contributed by atoms with Crippen LogP contribution >= 0.6 is 0 Å². The number of carbonyl (C=O) groups is 2. The number of hydrogen-bond acceptors (Lipinski definition) is 11. The average molecular weight is 486 g/mol. The van der Waals surface area contributed by atoms with E-state index in [1.165, 1.54) is 12.1 Å². The van der Waals surface area contributed by atoms with Crippen molar-refractivity contribution < 1.29 is 54.4 Å². The molecule has 10 atom stereocenters. The van der Waals surface area contributed by atoms with Gasteiger partial charge in [-0.05, 0) is 12.1 Å². The molecule has 2 heterocycles. The fourth-order valence-electron chi connectivity index (χ4n) is 3.99. The second kappa shape index (κ2) is 11.5. The van der Waals surface area contributed by atoms with Gasteiger partial charge in [-0.1, -0.05) is 18.2 Å². The molecule has 0 aromatic heterocycles. The molecule has 2 fully saturated rings. The van der Waals surface area contributed by atoms with Crippen molar-refractivity contribution in [3.63, 3.8) is 0 Å². The summed E-state index contributed by atoms with van der Waals surface area (Å²) in [5.41, 5.74) is 0.259. The van der Waals surface area contributed by atoms with E-state index in [0.717, 1.165) is 6.92 Å². The molecule has 8 N–H and O–H groups in total. The van der Waals surface area contributed by atoms with Crippen molar-refractivity contribution in [3.05, 3.63) is 35.9 Å². The van der Waals surface area contributed by atoms with E-state index in [1.54, 1.807) is 18.2 Å². The van der Waals surface area contributed by atoms with Gasteiger partial charge in [-0.15, -0.1) is 0 Å². The topological polar surface area (TPSA) is 207 Å². The normalized spacial score (nSPS) is 38.2. The summed E-state index contributed by atoms with van der Waals surface area (Å²) in [5.74, 6) is -1.18. The van der Waals surface area contributed by atoms with Crippen molar-refractivity contribution in [1.29, 1.82) is 0 Å². The fraction of sp³-hybridized carbons (Fsp3) is 0.619. The first-order valence-electron chi connectivity index (χ1n) is 10.7. The highest BCUT2D eigenvalue weighted by Gasteiger charge is 2.51. The van der Waals surface area contributed by atoms with Crippen LogP contribution in [0.3, 0.4) is 0 Å². The van der Waals surface area contributed by atoms with Gasteiger partial charge in [-0.25, -0.2) is 0 Å². The van der Waals surface area contributed by atoms with Crippen molar-refractivity contribution in [2.75, 3.05) is 13.2 Å². The van der Waals surface area contributed by atoms with Crippen LogP contribution in [0.25, 0.3) is 0 Å². The molecule has 13 nitrogen and oxygen atoms in total. The van der Waals surface area contributed by atoms with Crippen LogP contribution in [0.4, 0.5) is 0 Å². The number of aliphatic hydroxyl groups excluding tert-OH is 6. The quantitative estimate of drug-likeness (QED) is 0.187. The summed E-state index contributed by atoms with van der Waals surface area (Å²) in [5, 5.41) is 66.2. The zero-order chi connectivity index (χ0) is 25.0. The Morgan fingerprint density at radius 1 is 0.882 bits per heavy atom. The van der Waals surface area contributed by atoms with Crippen LogP contribution < -0.4 is 10.6 Å². The molecule has 34 heavy (non-hydrogen) atoms. The largest absolute Gasteiger partial charge is 0.394 e. The number of ether oxygens (including phenoxy) is 3. The van der Waals surface area contributed by atoms with Crippen molar-refractivity contribution in [3.8, 4) is 0 Å². The lowest BCUT2D eigenvalue weighted by atomic mass is 9.94. The van der Waals surface area contributed by atoms with Crippen molar-refractivity contribution in [2.24, 2.45) is 0 Å². The van der Waals surface area contributed by atoms with E-state index in [0.29, 0.717) is 0 Å². The number of rotatable bonds is 7. The molecule has 0 radical (unpaired) electrons. The smallest absolute Gasteiger partial charge is 0.251 e. The van der Waals surface area contributed by atoms with Crippen LogP contribution in [0.1, 0.15) is 17.3 Å². The first-order chi connectivity index (χ1) is 16.2. The van der Waals surface area contributed by atoms with E-state index < -0.39 is 86.3 Å². The van der Waals surface area contributed by atoms with Crippen LogP contribution in [0.5, 0.6) is 0 Å². The summed E-state index contributed by atoms with van der Waals surface area (Å²) >= 11 is 0. The second-order valence-electron chi connectivity index (χ2n) is 8.14. The first-order valence-corrected chi connectivity index (χ1v) is 10.7. The number of nitrogens with one attached hydrogen (secondary N) is 2. The molecule has 0 saturated carbocycles. The number of hydrogen-bond donors (Lipinski definition) is 8. The zero-order valence-electron chi connectivity index (χ0n) is 18.3. The summed E-state index contributed by atoms with van der Waals surface area (Å²) < 4.78 is 16.4. The van der Waals surface area contributed by atoms with Crippen LogP contribution in [-0.2, 0) is 19.0 Å². The highest BCUT2D eigenvalue weighted by atomic mass is 16.7. The van der Waals surface area contributed by atoms with Gasteiger partial charge in [0.05, 0.1) is 19.3 Å². The van der Waals surface area contributed by atoms with Gasteiger partial charge >= 0.3 is 0 Å². The standard InChI is InChI=1S/C21H30N2O11/c1-9(26)22-14-16(28)18(12(8-25)32-20(14)31)34-21-17(29)13(15(27)11(7-24)33-21)23-19(30)10-5-3-2-4-6-10/h2-6,11-18,20-21,24-25,27-29,31H,7-8H2,1H3,(H,22,26)(H,23,30). The number of carbonyl (C=O) groups excluding carboxylic acids is 2. The molecule has 1 aromatic rings. The lowest BCUT2D eigenvalue weighted by molar-refractivity contribution is -0.334. The van der Waals surface area contributed by atoms with E-state index in [1.807, 2.05) is 0 Å². The van der Waals surface area contributed by atoms with Crippen molar-refractivity contribution in [2.45, 2.75) is 68.2 Å². The molecule has 2 amide bonds. The van der Waals surface area contributed by atoms with Gasteiger partial charge < -0.3 is 55.5 Å². The molecule has 0 aliphatic carbocycles. The Labute approximate surface area is 194 Å². The predicted molar refractivity (Wildman–Crippen MR) is 112 cm³/mol. The first kappa shape index (κ1) is 26.4. The zero-order valence-corrected chi connectivity index (χ0v) is 18.3. The third-order valence-corrected chi connectivity index (χ3v) is 5.75. The monoisotopic (exact) mass is 486 g/mol. The minimum Gasteiger partial charge on any atom is -0.394 e. The Hall–Kier alpha value is -2.20. The van der Waals surface area contributed by atoms with Gasteiger partial charge in [0.15, 0.2) is 12.6 Å².